The van der Waals surface area contributed by atoms with Crippen LogP contribution in [-0.2, 0) is 22.4 Å². The van der Waals surface area contributed by atoms with E-state index in [9.17, 15) is 4.79 Å². The molecule has 0 spiro atoms. The Morgan fingerprint density at radius 2 is 2.41 bits per heavy atom. The first kappa shape index (κ1) is 10.7. The molecular formula is C11H15N3O3. The minimum atomic E-state index is -0.366. The number of carbonyl (C=O) groups is 1. The summed E-state index contributed by atoms with van der Waals surface area (Å²) in [5.41, 5.74) is 2.46. The second-order valence-electron chi connectivity index (χ2n) is 4.43. The van der Waals surface area contributed by atoms with Gasteiger partial charge in [0.2, 0.25) is 0 Å². The van der Waals surface area contributed by atoms with Crippen molar-refractivity contribution in [3.8, 4) is 0 Å². The van der Waals surface area contributed by atoms with Crippen LogP contribution in [0.5, 0.6) is 0 Å². The molecule has 0 aliphatic carbocycles. The molecule has 0 saturated carbocycles. The molecule has 0 atom stereocenters. The van der Waals surface area contributed by atoms with Crippen LogP contribution in [0.1, 0.15) is 21.7 Å². The Balaban J connectivity index is 1.83. The highest BCUT2D eigenvalue weighted by Crippen LogP contribution is 2.24. The van der Waals surface area contributed by atoms with E-state index >= 15 is 0 Å². The quantitative estimate of drug-likeness (QED) is 0.731. The smallest absolute Gasteiger partial charge is 0.358 e. The number of ether oxygens (including phenoxy) is 2. The molecule has 3 heterocycles. The van der Waals surface area contributed by atoms with Gasteiger partial charge in [0.15, 0.2) is 5.69 Å². The summed E-state index contributed by atoms with van der Waals surface area (Å²) in [5.74, 6) is -0.366. The van der Waals surface area contributed by atoms with Crippen molar-refractivity contribution in [2.75, 3.05) is 26.9 Å². The summed E-state index contributed by atoms with van der Waals surface area (Å²) >= 11 is 0. The number of esters is 1. The van der Waals surface area contributed by atoms with Crippen LogP contribution in [0.25, 0.3) is 0 Å². The molecule has 6 nitrogen and oxygen atoms in total. The second kappa shape index (κ2) is 4.12. The van der Waals surface area contributed by atoms with E-state index in [0.29, 0.717) is 11.7 Å². The molecular weight excluding hydrogens is 222 g/mol. The first-order chi connectivity index (χ1) is 8.29. The van der Waals surface area contributed by atoms with Crippen molar-refractivity contribution >= 4 is 5.97 Å². The van der Waals surface area contributed by atoms with Crippen LogP contribution in [0, 0.1) is 0 Å². The average Bonchev–Trinajstić information content (AvgIpc) is 2.69. The maximum atomic E-state index is 11.6. The van der Waals surface area contributed by atoms with Crippen molar-refractivity contribution in [1.29, 1.82) is 0 Å². The minimum absolute atomic E-state index is 0.366. The van der Waals surface area contributed by atoms with Crippen molar-refractivity contribution in [2.45, 2.75) is 19.0 Å². The van der Waals surface area contributed by atoms with Gasteiger partial charge in [-0.15, -0.1) is 0 Å². The summed E-state index contributed by atoms with van der Waals surface area (Å²) < 4.78 is 9.93. The van der Waals surface area contributed by atoms with Gasteiger partial charge in [-0.3, -0.25) is 10.00 Å². The van der Waals surface area contributed by atoms with Gasteiger partial charge in [0.1, 0.15) is 0 Å². The maximum Gasteiger partial charge on any atom is 0.358 e. The molecule has 2 aliphatic heterocycles. The monoisotopic (exact) mass is 237 g/mol. The summed E-state index contributed by atoms with van der Waals surface area (Å²) in [6, 6.07) is 0.489. The number of hydrogen-bond donors (Lipinski definition) is 1. The topological polar surface area (TPSA) is 67.5 Å². The van der Waals surface area contributed by atoms with Crippen molar-refractivity contribution in [3.63, 3.8) is 0 Å². The number of aromatic amines is 1. The Kier molecular flexibility index (Phi) is 2.60. The lowest BCUT2D eigenvalue weighted by atomic mass is 10.0. The minimum Gasteiger partial charge on any atom is -0.464 e. The number of H-pyrrole nitrogens is 1. The van der Waals surface area contributed by atoms with Gasteiger partial charge < -0.3 is 9.47 Å². The number of nitrogens with one attached hydrogen (secondary N) is 1. The summed E-state index contributed by atoms with van der Waals surface area (Å²) in [6.45, 7) is 3.33. The number of methoxy groups -OCH3 is 1. The molecule has 2 aliphatic rings. The van der Waals surface area contributed by atoms with E-state index in [4.69, 9.17) is 9.47 Å². The van der Waals surface area contributed by atoms with E-state index in [1.807, 2.05) is 0 Å². The Morgan fingerprint density at radius 3 is 3.06 bits per heavy atom. The van der Waals surface area contributed by atoms with Gasteiger partial charge in [0, 0.05) is 30.8 Å². The molecule has 1 saturated heterocycles. The van der Waals surface area contributed by atoms with Crippen LogP contribution in [0.2, 0.25) is 0 Å². The highest BCUT2D eigenvalue weighted by molar-refractivity contribution is 5.89. The van der Waals surface area contributed by atoms with Crippen LogP contribution in [0.3, 0.4) is 0 Å². The third-order valence-corrected chi connectivity index (χ3v) is 3.48. The van der Waals surface area contributed by atoms with Gasteiger partial charge in [-0.25, -0.2) is 4.79 Å². The molecule has 0 unspecified atom stereocenters. The maximum absolute atomic E-state index is 11.6. The van der Waals surface area contributed by atoms with Crippen LogP contribution in [-0.4, -0.2) is 54.0 Å². The van der Waals surface area contributed by atoms with E-state index in [1.165, 1.54) is 7.11 Å². The third-order valence-electron chi connectivity index (χ3n) is 3.48. The zero-order valence-electron chi connectivity index (χ0n) is 9.73. The number of aromatic nitrogens is 2. The zero-order chi connectivity index (χ0) is 11.8. The standard InChI is InChI=1S/C11H15N3O3/c1-16-11(15)10-8-4-14(7-5-17-6-7)3-2-9(8)12-13-10/h7H,2-6H2,1H3,(H,12,13). The number of hydrogen-bond acceptors (Lipinski definition) is 5. The average molecular weight is 237 g/mol. The molecule has 3 rings (SSSR count). The molecule has 1 fully saturated rings. The highest BCUT2D eigenvalue weighted by atomic mass is 16.5. The van der Waals surface area contributed by atoms with Crippen LogP contribution in [0.15, 0.2) is 0 Å². The molecule has 1 aromatic rings. The highest BCUT2D eigenvalue weighted by Gasteiger charge is 2.32. The molecule has 92 valence electrons. The van der Waals surface area contributed by atoms with Gasteiger partial charge in [-0.05, 0) is 0 Å². The first-order valence-corrected chi connectivity index (χ1v) is 5.76. The van der Waals surface area contributed by atoms with Crippen LogP contribution >= 0.6 is 0 Å². The molecule has 0 radical (unpaired) electrons. The number of rotatable bonds is 2. The lowest BCUT2D eigenvalue weighted by Crippen LogP contribution is -2.50. The van der Waals surface area contributed by atoms with E-state index in [2.05, 4.69) is 15.1 Å². The van der Waals surface area contributed by atoms with Gasteiger partial charge in [-0.2, -0.15) is 5.10 Å². The third kappa shape index (κ3) is 1.73. The van der Waals surface area contributed by atoms with Crippen molar-refractivity contribution in [3.05, 3.63) is 17.0 Å². The molecule has 0 amide bonds. The SMILES string of the molecule is COC(=O)c1n[nH]c2c1CN(C1COC1)CC2. The summed E-state index contributed by atoms with van der Waals surface area (Å²) in [7, 11) is 1.38. The van der Waals surface area contributed by atoms with Gasteiger partial charge >= 0.3 is 5.97 Å². The molecule has 17 heavy (non-hydrogen) atoms. The Labute approximate surface area is 98.9 Å². The van der Waals surface area contributed by atoms with E-state index in [0.717, 1.165) is 44.0 Å². The molecule has 0 bridgehead atoms. The Morgan fingerprint density at radius 1 is 1.59 bits per heavy atom. The van der Waals surface area contributed by atoms with Crippen molar-refractivity contribution in [2.24, 2.45) is 0 Å². The Hall–Kier alpha value is -1.40. The predicted octanol–water partition coefficient (Wildman–Crippen LogP) is -0.0468. The van der Waals surface area contributed by atoms with E-state index in [-0.39, 0.29) is 5.97 Å². The van der Waals surface area contributed by atoms with E-state index in [1.54, 1.807) is 0 Å². The molecule has 0 aromatic carbocycles. The fourth-order valence-corrected chi connectivity index (χ4v) is 2.33. The predicted molar refractivity (Wildman–Crippen MR) is 58.6 cm³/mol. The number of fused-ring (bicyclic) bond motifs is 1. The van der Waals surface area contributed by atoms with Gasteiger partial charge in [-0.1, -0.05) is 0 Å². The van der Waals surface area contributed by atoms with Crippen molar-refractivity contribution < 1.29 is 14.3 Å². The van der Waals surface area contributed by atoms with Crippen molar-refractivity contribution in [1.82, 2.24) is 15.1 Å². The van der Waals surface area contributed by atoms with Gasteiger partial charge in [0.25, 0.3) is 0 Å². The number of nitrogens with zero attached hydrogens (tertiary/aromatic N) is 2. The fourth-order valence-electron chi connectivity index (χ4n) is 2.33. The summed E-state index contributed by atoms with van der Waals surface area (Å²) in [4.78, 5) is 13.9. The normalized spacial score (nSPS) is 20.8. The molecule has 1 aromatic heterocycles. The number of carbonyl (C=O) groups excluding carboxylic acids is 1. The lowest BCUT2D eigenvalue weighted by Gasteiger charge is -2.39. The largest absolute Gasteiger partial charge is 0.464 e. The van der Waals surface area contributed by atoms with E-state index < -0.39 is 0 Å². The fraction of sp³-hybridized carbons (Fsp3) is 0.636. The summed E-state index contributed by atoms with van der Waals surface area (Å²) in [5, 5.41) is 6.98. The summed E-state index contributed by atoms with van der Waals surface area (Å²) in [6.07, 6.45) is 0.899. The molecule has 6 heteroatoms. The molecule has 1 N–H and O–H groups in total. The van der Waals surface area contributed by atoms with Crippen LogP contribution < -0.4 is 0 Å². The second-order valence-corrected chi connectivity index (χ2v) is 4.43. The van der Waals surface area contributed by atoms with Crippen LogP contribution in [0.4, 0.5) is 0 Å². The zero-order valence-corrected chi connectivity index (χ0v) is 9.73. The first-order valence-electron chi connectivity index (χ1n) is 5.76. The van der Waals surface area contributed by atoms with Gasteiger partial charge in [0.05, 0.1) is 26.4 Å². The Bertz CT molecular complexity index is 439. The lowest BCUT2D eigenvalue weighted by molar-refractivity contribution is -0.0696.